The lowest BCUT2D eigenvalue weighted by Crippen LogP contribution is -2.14. The van der Waals surface area contributed by atoms with Gasteiger partial charge in [-0.25, -0.2) is 18.7 Å². The van der Waals surface area contributed by atoms with Gasteiger partial charge < -0.3 is 14.7 Å². The predicted molar refractivity (Wildman–Crippen MR) is 116 cm³/mol. The third-order valence-electron chi connectivity index (χ3n) is 4.86. The molecule has 1 amide bonds. The first-order chi connectivity index (χ1) is 15.5. The molecule has 0 aliphatic carbocycles. The summed E-state index contributed by atoms with van der Waals surface area (Å²) in [4.78, 5) is 24.1. The molecule has 2 N–H and O–H groups in total. The van der Waals surface area contributed by atoms with Crippen LogP contribution in [0.25, 0.3) is 33.9 Å². The molecule has 158 valence electrons. The van der Waals surface area contributed by atoms with E-state index in [9.17, 15) is 13.6 Å². The zero-order chi connectivity index (χ0) is 22.1. The number of benzene rings is 3. The number of rotatable bonds is 5. The van der Waals surface area contributed by atoms with Gasteiger partial charge >= 0.3 is 0 Å². The van der Waals surface area contributed by atoms with Crippen LogP contribution in [0.4, 0.5) is 14.5 Å². The first-order valence-corrected chi connectivity index (χ1v) is 9.80. The number of aromatic nitrogens is 3. The van der Waals surface area contributed by atoms with E-state index in [4.69, 9.17) is 4.42 Å². The van der Waals surface area contributed by atoms with Crippen molar-refractivity contribution < 1.29 is 18.0 Å². The second kappa shape index (κ2) is 8.07. The smallest absolute Gasteiger partial charge is 0.230 e. The van der Waals surface area contributed by atoms with Crippen LogP contribution < -0.4 is 5.32 Å². The van der Waals surface area contributed by atoms with Crippen LogP contribution in [0.15, 0.2) is 77.4 Å². The predicted octanol–water partition coefficient (Wildman–Crippen LogP) is 5.34. The van der Waals surface area contributed by atoms with Crippen molar-refractivity contribution in [2.45, 2.75) is 6.42 Å². The van der Waals surface area contributed by atoms with Crippen LogP contribution in [-0.2, 0) is 11.2 Å². The Kier molecular flexibility index (Phi) is 4.95. The van der Waals surface area contributed by atoms with Crippen molar-refractivity contribution in [3.8, 4) is 22.8 Å². The van der Waals surface area contributed by atoms with E-state index in [-0.39, 0.29) is 23.7 Å². The van der Waals surface area contributed by atoms with Crippen LogP contribution in [0.5, 0.6) is 0 Å². The molecule has 0 radical (unpaired) electrons. The van der Waals surface area contributed by atoms with E-state index in [1.807, 2.05) is 30.3 Å². The van der Waals surface area contributed by atoms with E-state index in [0.717, 1.165) is 23.8 Å². The van der Waals surface area contributed by atoms with Gasteiger partial charge in [-0.3, -0.25) is 4.79 Å². The quantitative estimate of drug-likeness (QED) is 0.394. The molecule has 0 unspecified atom stereocenters. The third kappa shape index (κ3) is 3.98. The van der Waals surface area contributed by atoms with Crippen LogP contribution in [0.1, 0.15) is 5.69 Å². The second-order valence-corrected chi connectivity index (χ2v) is 7.18. The molecule has 0 atom stereocenters. The first kappa shape index (κ1) is 19.6. The number of carbonyl (C=O) groups is 1. The van der Waals surface area contributed by atoms with Gasteiger partial charge in [0, 0.05) is 11.3 Å². The summed E-state index contributed by atoms with van der Waals surface area (Å²) >= 11 is 0. The minimum absolute atomic E-state index is 0.0343. The van der Waals surface area contributed by atoms with Gasteiger partial charge in [0.2, 0.25) is 11.8 Å². The minimum Gasteiger partial charge on any atom is -0.444 e. The fraction of sp³-hybridized carbons (Fsp3) is 0.0417. The fourth-order valence-corrected chi connectivity index (χ4v) is 3.37. The van der Waals surface area contributed by atoms with Crippen LogP contribution in [0.3, 0.4) is 0 Å². The molecule has 5 aromatic rings. The van der Waals surface area contributed by atoms with Gasteiger partial charge in [-0.15, -0.1) is 0 Å². The lowest BCUT2D eigenvalue weighted by Gasteiger charge is -2.03. The lowest BCUT2D eigenvalue weighted by atomic mass is 10.2. The maximum atomic E-state index is 14.1. The monoisotopic (exact) mass is 430 g/mol. The number of nitrogens with one attached hydrogen (secondary N) is 2. The summed E-state index contributed by atoms with van der Waals surface area (Å²) in [6.45, 7) is 0. The summed E-state index contributed by atoms with van der Waals surface area (Å²) in [6.07, 6.45) is 1.50. The van der Waals surface area contributed by atoms with Crippen LogP contribution in [-0.4, -0.2) is 20.9 Å². The van der Waals surface area contributed by atoms with E-state index in [0.29, 0.717) is 28.3 Å². The number of halogens is 2. The van der Waals surface area contributed by atoms with Gasteiger partial charge in [0.15, 0.2) is 0 Å². The number of anilines is 1. The Labute approximate surface area is 180 Å². The number of fused-ring (bicyclic) bond motifs is 1. The zero-order valence-electron chi connectivity index (χ0n) is 16.6. The maximum absolute atomic E-state index is 14.1. The molecule has 2 aromatic heterocycles. The average Bonchev–Trinajstić information content (AvgIpc) is 3.42. The molecule has 0 saturated carbocycles. The molecule has 32 heavy (non-hydrogen) atoms. The molecule has 0 bridgehead atoms. The molecule has 5 rings (SSSR count). The minimum atomic E-state index is -0.582. The SMILES string of the molecule is O=C(Cc1coc(-c2ccccc2)n1)Nc1ccc2nc(-c3cc(F)ccc3F)[nH]c2c1. The van der Waals surface area contributed by atoms with Gasteiger partial charge in [0.05, 0.1) is 28.7 Å². The molecule has 6 nitrogen and oxygen atoms in total. The third-order valence-corrected chi connectivity index (χ3v) is 4.86. The van der Waals surface area contributed by atoms with E-state index in [1.54, 1.807) is 18.2 Å². The van der Waals surface area contributed by atoms with Crippen molar-refractivity contribution in [2.75, 3.05) is 5.32 Å². The Balaban J connectivity index is 1.31. The van der Waals surface area contributed by atoms with E-state index >= 15 is 0 Å². The average molecular weight is 430 g/mol. The van der Waals surface area contributed by atoms with E-state index in [2.05, 4.69) is 20.3 Å². The molecular formula is C24H16F2N4O2. The number of imidazole rings is 1. The number of oxazole rings is 1. The van der Waals surface area contributed by atoms with Crippen molar-refractivity contribution in [3.63, 3.8) is 0 Å². The van der Waals surface area contributed by atoms with Crippen LogP contribution >= 0.6 is 0 Å². The topological polar surface area (TPSA) is 83.8 Å². The van der Waals surface area contributed by atoms with Crippen LogP contribution in [0.2, 0.25) is 0 Å². The Morgan fingerprint density at radius 3 is 2.69 bits per heavy atom. The van der Waals surface area contributed by atoms with Gasteiger partial charge in [-0.2, -0.15) is 0 Å². The summed E-state index contributed by atoms with van der Waals surface area (Å²) in [5, 5.41) is 2.80. The molecule has 0 aliphatic rings. The molecule has 2 heterocycles. The van der Waals surface area contributed by atoms with Crippen molar-refractivity contribution >= 4 is 22.6 Å². The molecule has 0 fully saturated rings. The highest BCUT2D eigenvalue weighted by Crippen LogP contribution is 2.26. The summed E-state index contributed by atoms with van der Waals surface area (Å²) in [5.41, 5.74) is 3.04. The van der Waals surface area contributed by atoms with Crippen LogP contribution in [0, 0.1) is 11.6 Å². The number of hydrogen-bond acceptors (Lipinski definition) is 4. The molecule has 3 aromatic carbocycles. The fourth-order valence-electron chi connectivity index (χ4n) is 3.37. The Bertz CT molecular complexity index is 1430. The highest BCUT2D eigenvalue weighted by molar-refractivity contribution is 5.94. The highest BCUT2D eigenvalue weighted by Gasteiger charge is 2.14. The largest absolute Gasteiger partial charge is 0.444 e. The number of H-pyrrole nitrogens is 1. The first-order valence-electron chi connectivity index (χ1n) is 9.80. The molecule has 8 heteroatoms. The maximum Gasteiger partial charge on any atom is 0.230 e. The number of amides is 1. The molecular weight excluding hydrogens is 414 g/mol. The summed E-state index contributed by atoms with van der Waals surface area (Å²) in [5.74, 6) is -0.756. The summed E-state index contributed by atoms with van der Waals surface area (Å²) in [6, 6.07) is 17.6. The Hall–Kier alpha value is -4.33. The summed E-state index contributed by atoms with van der Waals surface area (Å²) in [7, 11) is 0. The number of aromatic amines is 1. The van der Waals surface area contributed by atoms with E-state index in [1.165, 1.54) is 6.26 Å². The number of nitrogens with zero attached hydrogens (tertiary/aromatic N) is 2. The molecule has 0 aliphatic heterocycles. The number of carbonyl (C=O) groups excluding carboxylic acids is 1. The van der Waals surface area contributed by atoms with Gasteiger partial charge in [-0.05, 0) is 48.5 Å². The molecule has 0 saturated heterocycles. The van der Waals surface area contributed by atoms with Crippen molar-refractivity contribution in [1.29, 1.82) is 0 Å². The van der Waals surface area contributed by atoms with Crippen molar-refractivity contribution in [2.24, 2.45) is 0 Å². The molecule has 0 spiro atoms. The standard InChI is InChI=1S/C24H16F2N4O2/c25-15-6-8-19(26)18(10-15)23-29-20-9-7-16(11-21(20)30-23)27-22(31)12-17-13-32-24(28-17)14-4-2-1-3-5-14/h1-11,13H,12H2,(H,27,31)(H,29,30). The zero-order valence-corrected chi connectivity index (χ0v) is 16.6. The van der Waals surface area contributed by atoms with Gasteiger partial charge in [0.1, 0.15) is 23.7 Å². The van der Waals surface area contributed by atoms with E-state index < -0.39 is 11.6 Å². The lowest BCUT2D eigenvalue weighted by molar-refractivity contribution is -0.115. The second-order valence-electron chi connectivity index (χ2n) is 7.18. The number of hydrogen-bond donors (Lipinski definition) is 2. The Morgan fingerprint density at radius 2 is 1.84 bits per heavy atom. The van der Waals surface area contributed by atoms with Gasteiger partial charge in [0.25, 0.3) is 0 Å². The normalized spacial score (nSPS) is 11.1. The van der Waals surface area contributed by atoms with Crippen molar-refractivity contribution in [1.82, 2.24) is 15.0 Å². The van der Waals surface area contributed by atoms with Crippen molar-refractivity contribution in [3.05, 3.63) is 90.3 Å². The summed E-state index contributed by atoms with van der Waals surface area (Å²) < 4.78 is 33.0. The highest BCUT2D eigenvalue weighted by atomic mass is 19.1. The van der Waals surface area contributed by atoms with Gasteiger partial charge in [-0.1, -0.05) is 18.2 Å². The Morgan fingerprint density at radius 1 is 1.00 bits per heavy atom.